The van der Waals surface area contributed by atoms with Crippen molar-refractivity contribution in [2.45, 2.75) is 13.3 Å². The van der Waals surface area contributed by atoms with Crippen LogP contribution in [0.1, 0.15) is 13.3 Å². The molecule has 7 heavy (non-hydrogen) atoms. The molecule has 0 aromatic carbocycles. The molecule has 44 valence electrons. The highest BCUT2D eigenvalue weighted by molar-refractivity contribution is 8.71. The molecule has 0 aromatic heterocycles. The summed E-state index contributed by atoms with van der Waals surface area (Å²) in [6.45, 7) is 2.04. The van der Waals surface area contributed by atoms with Crippen LogP contribution < -0.4 is 0 Å². The van der Waals surface area contributed by atoms with Gasteiger partial charge >= 0.3 is 0 Å². The molecule has 1 nitrogen and oxygen atoms in total. The molecule has 1 unspecified atom stereocenters. The van der Waals surface area contributed by atoms with Crippen LogP contribution in [-0.2, 0) is 10.2 Å². The summed E-state index contributed by atoms with van der Waals surface area (Å²) in [5, 5.41) is 0. The van der Waals surface area contributed by atoms with Gasteiger partial charge < -0.3 is 4.55 Å². The van der Waals surface area contributed by atoms with Crippen molar-refractivity contribution in [3.63, 3.8) is 0 Å². The minimum absolute atomic E-state index is 0.610. The summed E-state index contributed by atoms with van der Waals surface area (Å²) < 4.78 is 10.5. The molecule has 0 aliphatic rings. The number of hydrogen-bond acceptors (Lipinski definition) is 2. The van der Waals surface area contributed by atoms with Gasteiger partial charge in [-0.25, -0.2) is 0 Å². The number of hydrogen-bond donors (Lipinski definition) is 0. The van der Waals surface area contributed by atoms with E-state index in [2.05, 4.69) is 0 Å². The van der Waals surface area contributed by atoms with Crippen LogP contribution in [0, 0.1) is 0 Å². The van der Waals surface area contributed by atoms with Gasteiger partial charge in [0.1, 0.15) is 5.75 Å². The molecule has 0 heterocycles. The third kappa shape index (κ3) is 4.51. The van der Waals surface area contributed by atoms with Crippen molar-refractivity contribution >= 4 is 21.0 Å². The second-order valence-corrected chi connectivity index (χ2v) is 4.64. The number of rotatable bonds is 3. The summed E-state index contributed by atoms with van der Waals surface area (Å²) in [6, 6.07) is 0. The fraction of sp³-hybridized carbons (Fsp3) is 1.00. The van der Waals surface area contributed by atoms with E-state index in [0.29, 0.717) is 0 Å². The van der Waals surface area contributed by atoms with Gasteiger partial charge in [-0.3, -0.25) is 0 Å². The molecule has 0 bridgehead atoms. The molecule has 3 heteroatoms. The fourth-order valence-electron chi connectivity index (χ4n) is 0.250. The van der Waals surface area contributed by atoms with Crippen molar-refractivity contribution in [1.29, 1.82) is 0 Å². The highest BCUT2D eigenvalue weighted by atomic mass is 33.1. The highest BCUT2D eigenvalue weighted by Gasteiger charge is 1.98. The van der Waals surface area contributed by atoms with Gasteiger partial charge in [-0.05, 0) is 6.42 Å². The summed E-state index contributed by atoms with van der Waals surface area (Å²) >= 11 is 0. The van der Waals surface area contributed by atoms with Gasteiger partial charge in [0, 0.05) is 16.5 Å². The lowest BCUT2D eigenvalue weighted by Crippen LogP contribution is -1.97. The molecule has 1 atom stereocenters. The second-order valence-electron chi connectivity index (χ2n) is 1.17. The molecule has 0 spiro atoms. The lowest BCUT2D eigenvalue weighted by Gasteiger charge is -2.01. The van der Waals surface area contributed by atoms with E-state index in [4.69, 9.17) is 0 Å². The average Bonchev–Trinajstić information content (AvgIpc) is 1.68. The summed E-state index contributed by atoms with van der Waals surface area (Å²) in [6.07, 6.45) is 2.89. The third-order valence-electron chi connectivity index (χ3n) is 0.557. The van der Waals surface area contributed by atoms with Crippen molar-refractivity contribution < 1.29 is 4.55 Å². The molecular weight excluding hydrogens is 128 g/mol. The van der Waals surface area contributed by atoms with Crippen LogP contribution in [-0.4, -0.2) is 16.6 Å². The molecule has 0 amide bonds. The van der Waals surface area contributed by atoms with Gasteiger partial charge in [-0.2, -0.15) is 0 Å². The Morgan fingerprint density at radius 1 is 1.71 bits per heavy atom. The summed E-state index contributed by atoms with van der Waals surface area (Å²) in [5.41, 5.74) is 0. The van der Waals surface area contributed by atoms with Gasteiger partial charge in [0.05, 0.1) is 10.8 Å². The predicted molar refractivity (Wildman–Crippen MR) is 36.8 cm³/mol. The first kappa shape index (κ1) is 7.66. The third-order valence-corrected chi connectivity index (χ3v) is 3.29. The Morgan fingerprint density at radius 2 is 2.29 bits per heavy atom. The van der Waals surface area contributed by atoms with Gasteiger partial charge in [-0.15, -0.1) is 0 Å². The second kappa shape index (κ2) is 4.81. The van der Waals surface area contributed by atoms with Crippen LogP contribution in [0.25, 0.3) is 0 Å². The Bertz CT molecular complexity index is 40.7. The predicted octanol–water partition coefficient (Wildman–Crippen LogP) is 1.42. The molecule has 0 saturated heterocycles. The minimum atomic E-state index is -0.610. The van der Waals surface area contributed by atoms with Gasteiger partial charge in [-0.1, -0.05) is 6.92 Å². The molecule has 0 aliphatic carbocycles. The Kier molecular flexibility index (Phi) is 5.26. The molecular formula is C4H10OS2. The Balaban J connectivity index is 2.83. The summed E-state index contributed by atoms with van der Waals surface area (Å²) in [7, 11) is 0.811. The van der Waals surface area contributed by atoms with Gasteiger partial charge in [0.2, 0.25) is 0 Å². The van der Waals surface area contributed by atoms with Crippen LogP contribution in [0.3, 0.4) is 0 Å². The van der Waals surface area contributed by atoms with Crippen molar-refractivity contribution in [1.82, 2.24) is 0 Å². The summed E-state index contributed by atoms with van der Waals surface area (Å²) in [5.74, 6) is 0.834. The standard InChI is InChI=1S/C4H10OS2/c1-3-4-7(5)6-2/h3-4H2,1-2H3. The molecule has 0 N–H and O–H groups in total. The maximum atomic E-state index is 10.5. The normalized spacial score (nSPS) is 14.1. The van der Waals surface area contributed by atoms with Gasteiger partial charge in [0.15, 0.2) is 0 Å². The molecule has 0 aliphatic heterocycles. The van der Waals surface area contributed by atoms with E-state index in [9.17, 15) is 4.55 Å². The van der Waals surface area contributed by atoms with Crippen LogP contribution in [0.2, 0.25) is 0 Å². The van der Waals surface area contributed by atoms with Crippen LogP contribution >= 0.6 is 10.8 Å². The topological polar surface area (TPSA) is 23.1 Å². The average molecular weight is 138 g/mol. The molecule has 0 aromatic rings. The van der Waals surface area contributed by atoms with E-state index in [1.54, 1.807) is 0 Å². The van der Waals surface area contributed by atoms with Crippen molar-refractivity contribution in [3.05, 3.63) is 0 Å². The Hall–Kier alpha value is 0.660. The zero-order chi connectivity index (χ0) is 5.70. The fourth-order valence-corrected chi connectivity index (χ4v) is 1.75. The Labute approximate surface area is 51.5 Å². The van der Waals surface area contributed by atoms with Gasteiger partial charge in [0.25, 0.3) is 0 Å². The SMILES string of the molecule is CCC[S+]([O-])SC. The van der Waals surface area contributed by atoms with E-state index in [-0.39, 0.29) is 0 Å². The molecule has 0 fully saturated rings. The monoisotopic (exact) mass is 138 g/mol. The van der Waals surface area contributed by atoms with E-state index in [1.807, 2.05) is 13.2 Å². The first-order valence-electron chi connectivity index (χ1n) is 2.24. The van der Waals surface area contributed by atoms with Crippen LogP contribution in [0.5, 0.6) is 0 Å². The summed E-state index contributed by atoms with van der Waals surface area (Å²) in [4.78, 5) is 0. The quantitative estimate of drug-likeness (QED) is 0.435. The zero-order valence-corrected chi connectivity index (χ0v) is 6.27. The van der Waals surface area contributed by atoms with Crippen molar-refractivity contribution in [2.24, 2.45) is 0 Å². The van der Waals surface area contributed by atoms with E-state index in [0.717, 1.165) is 12.2 Å². The van der Waals surface area contributed by atoms with Crippen LogP contribution in [0.4, 0.5) is 0 Å². The Morgan fingerprint density at radius 3 is 2.43 bits per heavy atom. The lowest BCUT2D eigenvalue weighted by molar-refractivity contribution is 0.608. The van der Waals surface area contributed by atoms with Crippen molar-refractivity contribution in [3.8, 4) is 0 Å². The molecule has 0 radical (unpaired) electrons. The smallest absolute Gasteiger partial charge is 0.117 e. The van der Waals surface area contributed by atoms with E-state index >= 15 is 0 Å². The van der Waals surface area contributed by atoms with Crippen LogP contribution in [0.15, 0.2) is 0 Å². The van der Waals surface area contributed by atoms with Crippen molar-refractivity contribution in [2.75, 3.05) is 12.0 Å². The minimum Gasteiger partial charge on any atom is -0.605 e. The largest absolute Gasteiger partial charge is 0.605 e. The van der Waals surface area contributed by atoms with E-state index < -0.39 is 10.2 Å². The van der Waals surface area contributed by atoms with E-state index in [1.165, 1.54) is 10.8 Å². The molecule has 0 rings (SSSR count). The first-order chi connectivity index (χ1) is 3.31. The lowest BCUT2D eigenvalue weighted by atomic mass is 10.6. The maximum absolute atomic E-state index is 10.5. The zero-order valence-electron chi connectivity index (χ0n) is 4.64. The molecule has 0 saturated carbocycles. The highest BCUT2D eigenvalue weighted by Crippen LogP contribution is 2.07. The maximum Gasteiger partial charge on any atom is 0.117 e. The first-order valence-corrected chi connectivity index (χ1v) is 5.30.